The molecule has 1 amide bonds. The predicted octanol–water partition coefficient (Wildman–Crippen LogP) is 0.811. The topological polar surface area (TPSA) is 49.6 Å². The molecule has 1 saturated carbocycles. The van der Waals surface area contributed by atoms with Gasteiger partial charge >= 0.3 is 0 Å². The maximum absolute atomic E-state index is 12.5. The number of nitrogens with two attached hydrogens (primary N) is 1. The van der Waals surface area contributed by atoms with Crippen LogP contribution in [0.3, 0.4) is 0 Å². The summed E-state index contributed by atoms with van der Waals surface area (Å²) in [5.74, 6) is 0.263. The van der Waals surface area contributed by atoms with Crippen LogP contribution in [-0.2, 0) is 4.79 Å². The van der Waals surface area contributed by atoms with Crippen molar-refractivity contribution in [2.45, 2.75) is 50.6 Å². The van der Waals surface area contributed by atoms with Gasteiger partial charge in [0.15, 0.2) is 0 Å². The molecule has 1 atom stereocenters. The molecule has 1 aliphatic carbocycles. The first kappa shape index (κ1) is 12.8. The van der Waals surface area contributed by atoms with Gasteiger partial charge in [0.25, 0.3) is 0 Å². The third-order valence-corrected chi connectivity index (χ3v) is 4.25. The van der Waals surface area contributed by atoms with Crippen molar-refractivity contribution in [1.82, 2.24) is 9.80 Å². The predicted molar refractivity (Wildman–Crippen MR) is 68.7 cm³/mol. The van der Waals surface area contributed by atoms with Crippen LogP contribution in [0.1, 0.15) is 38.5 Å². The van der Waals surface area contributed by atoms with Gasteiger partial charge in [-0.15, -0.1) is 0 Å². The van der Waals surface area contributed by atoms with Crippen LogP contribution < -0.4 is 5.73 Å². The van der Waals surface area contributed by atoms with Crippen LogP contribution in [0.15, 0.2) is 0 Å². The van der Waals surface area contributed by atoms with Crippen molar-refractivity contribution < 1.29 is 4.79 Å². The largest absolute Gasteiger partial charge is 0.338 e. The lowest BCUT2D eigenvalue weighted by atomic mass is 9.93. The van der Waals surface area contributed by atoms with Gasteiger partial charge in [0.1, 0.15) is 6.04 Å². The van der Waals surface area contributed by atoms with Crippen molar-refractivity contribution in [2.24, 2.45) is 5.73 Å². The first-order chi connectivity index (χ1) is 8.24. The van der Waals surface area contributed by atoms with Gasteiger partial charge in [0.05, 0.1) is 0 Å². The Hall–Kier alpha value is -0.610. The smallest absolute Gasteiger partial charge is 0.241 e. The summed E-state index contributed by atoms with van der Waals surface area (Å²) in [6.45, 7) is 2.35. The van der Waals surface area contributed by atoms with Gasteiger partial charge in [-0.05, 0) is 26.3 Å². The Morgan fingerprint density at radius 3 is 2.53 bits per heavy atom. The number of carbonyl (C=O) groups excluding carboxylic acids is 1. The molecular weight excluding hydrogens is 214 g/mol. The summed E-state index contributed by atoms with van der Waals surface area (Å²) in [7, 11) is 2.01. The average molecular weight is 239 g/mol. The molecule has 17 heavy (non-hydrogen) atoms. The highest BCUT2D eigenvalue weighted by molar-refractivity contribution is 5.82. The van der Waals surface area contributed by atoms with Crippen molar-refractivity contribution in [3.8, 4) is 0 Å². The molecule has 4 heteroatoms. The molecule has 0 aromatic heterocycles. The first-order valence-corrected chi connectivity index (χ1v) is 6.95. The maximum Gasteiger partial charge on any atom is 0.241 e. The number of nitrogens with zero attached hydrogens (tertiary/aromatic N) is 2. The van der Waals surface area contributed by atoms with Crippen LogP contribution in [0.4, 0.5) is 0 Å². The standard InChI is InChI=1S/C13H25N3O/c1-15-8-5-9-16(13(17)12(15)10-14)11-6-3-2-4-7-11/h11-12H,2-10,14H2,1H3. The van der Waals surface area contributed by atoms with E-state index in [1.54, 1.807) is 0 Å². The van der Waals surface area contributed by atoms with E-state index in [1.165, 1.54) is 32.1 Å². The molecule has 98 valence electrons. The molecule has 1 aliphatic heterocycles. The van der Waals surface area contributed by atoms with Gasteiger partial charge in [-0.25, -0.2) is 0 Å². The Morgan fingerprint density at radius 1 is 1.18 bits per heavy atom. The fraction of sp³-hybridized carbons (Fsp3) is 0.923. The Labute approximate surface area is 104 Å². The Bertz CT molecular complexity index is 263. The highest BCUT2D eigenvalue weighted by Gasteiger charge is 2.33. The zero-order valence-corrected chi connectivity index (χ0v) is 10.9. The van der Waals surface area contributed by atoms with Gasteiger partial charge < -0.3 is 10.6 Å². The molecule has 0 spiro atoms. The van der Waals surface area contributed by atoms with E-state index in [0.29, 0.717) is 12.6 Å². The van der Waals surface area contributed by atoms with E-state index >= 15 is 0 Å². The molecule has 4 nitrogen and oxygen atoms in total. The van der Waals surface area contributed by atoms with Gasteiger partial charge in [-0.1, -0.05) is 19.3 Å². The summed E-state index contributed by atoms with van der Waals surface area (Å²) in [5.41, 5.74) is 5.76. The lowest BCUT2D eigenvalue weighted by Gasteiger charge is -2.35. The third kappa shape index (κ3) is 2.80. The molecule has 2 rings (SSSR count). The summed E-state index contributed by atoms with van der Waals surface area (Å²) in [6.07, 6.45) is 7.34. The van der Waals surface area contributed by atoms with E-state index in [1.807, 2.05) is 7.05 Å². The number of hydrogen-bond acceptors (Lipinski definition) is 3. The lowest BCUT2D eigenvalue weighted by molar-refractivity contribution is -0.137. The second-order valence-electron chi connectivity index (χ2n) is 5.41. The second kappa shape index (κ2) is 5.83. The van der Waals surface area contributed by atoms with Crippen LogP contribution in [0.25, 0.3) is 0 Å². The van der Waals surface area contributed by atoms with E-state index in [-0.39, 0.29) is 11.9 Å². The van der Waals surface area contributed by atoms with E-state index in [0.717, 1.165) is 19.5 Å². The fourth-order valence-corrected chi connectivity index (χ4v) is 3.17. The fourth-order valence-electron chi connectivity index (χ4n) is 3.17. The zero-order valence-electron chi connectivity index (χ0n) is 10.9. The number of likely N-dealkylation sites (N-methyl/N-ethyl adjacent to an activating group) is 1. The molecule has 2 N–H and O–H groups in total. The molecule has 2 aliphatic rings. The van der Waals surface area contributed by atoms with Crippen LogP contribution >= 0.6 is 0 Å². The van der Waals surface area contributed by atoms with Crippen molar-refractivity contribution in [1.29, 1.82) is 0 Å². The molecule has 1 saturated heterocycles. The quantitative estimate of drug-likeness (QED) is 0.776. The SMILES string of the molecule is CN1CCCN(C2CCCCC2)C(=O)C1CN. The molecule has 2 fully saturated rings. The third-order valence-electron chi connectivity index (χ3n) is 4.25. The molecule has 0 radical (unpaired) electrons. The summed E-state index contributed by atoms with van der Waals surface area (Å²) in [5, 5.41) is 0. The van der Waals surface area contributed by atoms with Crippen LogP contribution in [0.2, 0.25) is 0 Å². The van der Waals surface area contributed by atoms with E-state index < -0.39 is 0 Å². The van der Waals surface area contributed by atoms with Crippen molar-refractivity contribution in [3.63, 3.8) is 0 Å². The molecule has 0 bridgehead atoms. The highest BCUT2D eigenvalue weighted by atomic mass is 16.2. The summed E-state index contributed by atoms with van der Waals surface area (Å²) in [6, 6.07) is 0.385. The number of carbonyl (C=O) groups is 1. The molecule has 1 heterocycles. The first-order valence-electron chi connectivity index (χ1n) is 6.95. The Morgan fingerprint density at radius 2 is 1.88 bits per heavy atom. The summed E-state index contributed by atoms with van der Waals surface area (Å²) in [4.78, 5) is 16.7. The normalized spacial score (nSPS) is 29.4. The minimum atomic E-state index is -0.0978. The van der Waals surface area contributed by atoms with Crippen LogP contribution in [-0.4, -0.2) is 54.5 Å². The molecule has 1 unspecified atom stereocenters. The average Bonchev–Trinajstić information content (AvgIpc) is 2.49. The van der Waals surface area contributed by atoms with Gasteiger partial charge in [0.2, 0.25) is 5.91 Å². The number of amides is 1. The van der Waals surface area contributed by atoms with Gasteiger partial charge in [0, 0.05) is 25.7 Å². The number of rotatable bonds is 2. The van der Waals surface area contributed by atoms with Gasteiger partial charge in [-0.2, -0.15) is 0 Å². The second-order valence-corrected chi connectivity index (χ2v) is 5.41. The molecule has 0 aromatic carbocycles. The van der Waals surface area contributed by atoms with Crippen molar-refractivity contribution in [3.05, 3.63) is 0 Å². The van der Waals surface area contributed by atoms with Gasteiger partial charge in [-0.3, -0.25) is 9.69 Å². The van der Waals surface area contributed by atoms with Crippen molar-refractivity contribution in [2.75, 3.05) is 26.7 Å². The monoisotopic (exact) mass is 239 g/mol. The lowest BCUT2D eigenvalue weighted by Crippen LogP contribution is -2.51. The Kier molecular flexibility index (Phi) is 4.40. The maximum atomic E-state index is 12.5. The number of hydrogen-bond donors (Lipinski definition) is 1. The Balaban J connectivity index is 2.07. The van der Waals surface area contributed by atoms with E-state index in [2.05, 4.69) is 9.80 Å². The molecule has 0 aromatic rings. The zero-order chi connectivity index (χ0) is 12.3. The van der Waals surface area contributed by atoms with Crippen LogP contribution in [0.5, 0.6) is 0 Å². The minimum Gasteiger partial charge on any atom is -0.338 e. The molecular formula is C13H25N3O. The summed E-state index contributed by atoms with van der Waals surface area (Å²) >= 11 is 0. The van der Waals surface area contributed by atoms with Crippen molar-refractivity contribution >= 4 is 5.91 Å². The highest BCUT2D eigenvalue weighted by Crippen LogP contribution is 2.24. The van der Waals surface area contributed by atoms with Crippen LogP contribution in [0, 0.1) is 0 Å². The van der Waals surface area contributed by atoms with E-state index in [9.17, 15) is 4.79 Å². The summed E-state index contributed by atoms with van der Waals surface area (Å²) < 4.78 is 0. The van der Waals surface area contributed by atoms with E-state index in [4.69, 9.17) is 5.73 Å². The minimum absolute atomic E-state index is 0.0978.